The van der Waals surface area contributed by atoms with E-state index in [0.29, 0.717) is 89.8 Å². The van der Waals surface area contributed by atoms with Gasteiger partial charge in [0.25, 0.3) is 0 Å². The molecule has 466 valence electrons. The Balaban J connectivity index is 0.658. The van der Waals surface area contributed by atoms with Crippen molar-refractivity contribution in [3.8, 4) is 23.0 Å². The van der Waals surface area contributed by atoms with Crippen LogP contribution in [0.5, 0.6) is 11.8 Å². The minimum Gasteiger partial charge on any atom is -0.468 e. The second-order valence-electron chi connectivity index (χ2n) is 26.5. The summed E-state index contributed by atoms with van der Waals surface area (Å²) in [5.74, 6) is 1.18. The summed E-state index contributed by atoms with van der Waals surface area (Å²) < 4.78 is 59.9. The molecule has 0 aliphatic carbocycles. The Morgan fingerprint density at radius 2 is 1.49 bits per heavy atom. The summed E-state index contributed by atoms with van der Waals surface area (Å²) in [4.78, 5) is 78.1. The molecule has 9 heterocycles. The average Bonchev–Trinajstić information content (AvgIpc) is 1.93. The lowest BCUT2D eigenvalue weighted by atomic mass is 9.82. The normalized spacial score (nSPS) is 21.5. The monoisotopic (exact) mass is 1200 g/mol. The van der Waals surface area contributed by atoms with Crippen molar-refractivity contribution in [2.75, 3.05) is 95.8 Å². The number of imide groups is 1. The largest absolute Gasteiger partial charge is 0.468 e. The number of hydrogen-bond donors (Lipinski definition) is 1. The number of hydrogen-bond acceptors (Lipinski definition) is 15. The molecule has 0 radical (unpaired) electrons. The number of nitrogens with zero attached hydrogens (tertiary/aromatic N) is 10. The quantitative estimate of drug-likeness (QED) is 0.0672. The number of piperazine rings is 1. The van der Waals surface area contributed by atoms with E-state index in [1.54, 1.807) is 33.5 Å². The van der Waals surface area contributed by atoms with E-state index < -0.39 is 23.4 Å². The molecule has 3 atom stereocenters. The molecule has 6 saturated heterocycles. The number of carbonyl (C=O) groups is 3. The first kappa shape index (κ1) is 60.3. The maximum absolute atomic E-state index is 17.6. The molecule has 6 aromatic rings. The van der Waals surface area contributed by atoms with Crippen LogP contribution in [-0.2, 0) is 25.5 Å². The second kappa shape index (κ2) is 25.3. The van der Waals surface area contributed by atoms with Crippen molar-refractivity contribution in [2.24, 2.45) is 17.8 Å². The number of imidazole rings is 1. The van der Waals surface area contributed by atoms with Crippen LogP contribution in [0, 0.1) is 29.4 Å². The van der Waals surface area contributed by atoms with Gasteiger partial charge < -0.3 is 33.6 Å². The molecular weight excluding hydrogens is 1110 g/mol. The number of aromatic nitrogens is 5. The van der Waals surface area contributed by atoms with Gasteiger partial charge in [-0.3, -0.25) is 38.8 Å². The Morgan fingerprint density at radius 1 is 0.793 bits per heavy atom. The summed E-state index contributed by atoms with van der Waals surface area (Å²) >= 11 is 0. The van der Waals surface area contributed by atoms with Gasteiger partial charge in [0.05, 0.1) is 28.5 Å². The van der Waals surface area contributed by atoms with Crippen molar-refractivity contribution in [3.05, 3.63) is 76.3 Å². The lowest BCUT2D eigenvalue weighted by Gasteiger charge is -2.42. The fraction of sp³-hybridized carbons (Fsp3) is 0.591. The van der Waals surface area contributed by atoms with Gasteiger partial charge in [0.2, 0.25) is 11.8 Å². The van der Waals surface area contributed by atoms with E-state index >= 15 is 8.78 Å². The topological polar surface area (TPSA) is 182 Å². The summed E-state index contributed by atoms with van der Waals surface area (Å²) in [5.41, 5.74) is 2.64. The predicted molar refractivity (Wildman–Crippen MR) is 331 cm³/mol. The molecule has 6 aliphatic heterocycles. The van der Waals surface area contributed by atoms with E-state index in [-0.39, 0.29) is 72.1 Å². The molecule has 12 rings (SSSR count). The van der Waals surface area contributed by atoms with Gasteiger partial charge in [-0.05, 0) is 202 Å². The average molecular weight is 1200 g/mol. The number of likely N-dealkylation sites (tertiary alicyclic amines) is 2. The van der Waals surface area contributed by atoms with Crippen LogP contribution in [0.15, 0.2) is 53.5 Å². The van der Waals surface area contributed by atoms with E-state index in [1.165, 1.54) is 32.4 Å². The van der Waals surface area contributed by atoms with Crippen LogP contribution in [0.25, 0.3) is 44.0 Å². The highest BCUT2D eigenvalue weighted by Crippen LogP contribution is 2.42. The Morgan fingerprint density at radius 3 is 2.16 bits per heavy atom. The van der Waals surface area contributed by atoms with Gasteiger partial charge in [0, 0.05) is 76.3 Å². The minimum atomic E-state index is -0.705. The van der Waals surface area contributed by atoms with E-state index in [0.717, 1.165) is 107 Å². The Labute approximate surface area is 507 Å². The number of aryl methyl sites for hydroxylation is 1. The minimum absolute atomic E-state index is 0.0000557. The van der Waals surface area contributed by atoms with Gasteiger partial charge in [-0.1, -0.05) is 13.0 Å². The standard InChI is InChI=1S/C66H85F2N11O8/c1-8-49-52(67)13-9-44-32-48(86-39-84-7)34-50(57(44)49)59-58(68)60-51(35-69-59)61(76-37-46-10-11-47(38-76)78(46)65(83)87-66(4,5)6)72-63(71-60)85-30-29-73-23-17-41(18-24-73)31-42-19-25-74(26-20-42)36-43-21-27-75(28-22-43)45-12-14-53-55(33-45)77(40(2)3)64(82)79(53)54-15-16-56(80)70-62(54)81/h9,12-14,32-35,40-43,46-47,54H,8,10-11,15-31,36-39H2,1-7H3,(H,70,80,81). The number of carbonyl (C=O) groups excluding carboxylic acids is 3. The number of amides is 3. The van der Waals surface area contributed by atoms with Crippen molar-refractivity contribution in [1.82, 2.24) is 44.1 Å². The zero-order chi connectivity index (χ0) is 60.8. The third-order valence-corrected chi connectivity index (χ3v) is 19.3. The number of pyridine rings is 1. The molecule has 21 heteroatoms. The fourth-order valence-corrected chi connectivity index (χ4v) is 14.9. The molecule has 6 aliphatic rings. The highest BCUT2D eigenvalue weighted by Gasteiger charge is 2.45. The smallest absolute Gasteiger partial charge is 0.410 e. The number of nitrogens with one attached hydrogen (secondary N) is 1. The van der Waals surface area contributed by atoms with Crippen LogP contribution in [0.4, 0.5) is 25.1 Å². The maximum atomic E-state index is 17.6. The molecule has 0 saturated carbocycles. The highest BCUT2D eigenvalue weighted by atomic mass is 19.1. The summed E-state index contributed by atoms with van der Waals surface area (Å²) in [6, 6.07) is 11.7. The molecular formula is C66H85F2N11O8. The van der Waals surface area contributed by atoms with E-state index in [2.05, 4.69) is 37.0 Å². The molecule has 19 nitrogen and oxygen atoms in total. The third kappa shape index (κ3) is 12.6. The van der Waals surface area contributed by atoms with Crippen LogP contribution in [0.1, 0.15) is 130 Å². The van der Waals surface area contributed by atoms with Crippen molar-refractivity contribution >= 4 is 62.1 Å². The number of piperidine rings is 4. The van der Waals surface area contributed by atoms with Gasteiger partial charge >= 0.3 is 17.8 Å². The predicted octanol–water partition coefficient (Wildman–Crippen LogP) is 10.0. The Kier molecular flexibility index (Phi) is 17.5. The van der Waals surface area contributed by atoms with E-state index in [9.17, 15) is 19.2 Å². The van der Waals surface area contributed by atoms with Gasteiger partial charge in [0.1, 0.15) is 46.8 Å². The number of rotatable bonds is 17. The van der Waals surface area contributed by atoms with Crippen molar-refractivity contribution in [1.29, 1.82) is 0 Å². The molecule has 0 spiro atoms. The summed E-state index contributed by atoms with van der Waals surface area (Å²) in [6.45, 7) is 20.6. The number of benzene rings is 3. The molecule has 2 bridgehead atoms. The SMILES string of the molecule is CCc1c(F)ccc2cc(OCOC)cc(-c3ncc4c(N5CC6CCC(C5)N6C(=O)OC(C)(C)C)nc(OCCN5CCC(CC6CCN(CC7CCN(c8ccc9c(c8)n(C(C)C)c(=O)n9C8CCC(=O)NC8=O)CC7)CC6)CC5)nc4c3F)c12. The van der Waals surface area contributed by atoms with Crippen LogP contribution >= 0.6 is 0 Å². The number of anilines is 2. The first-order valence-electron chi connectivity index (χ1n) is 31.8. The summed E-state index contributed by atoms with van der Waals surface area (Å²) in [7, 11) is 1.52. The summed E-state index contributed by atoms with van der Waals surface area (Å²) in [6.07, 6.45) is 12.0. The molecule has 3 aromatic heterocycles. The number of halogens is 2. The van der Waals surface area contributed by atoms with Crippen molar-refractivity contribution in [2.45, 2.75) is 148 Å². The lowest BCUT2D eigenvalue weighted by molar-refractivity contribution is -0.135. The molecule has 3 amide bonds. The van der Waals surface area contributed by atoms with Gasteiger partial charge in [0.15, 0.2) is 12.6 Å². The van der Waals surface area contributed by atoms with Crippen molar-refractivity contribution < 1.29 is 42.1 Å². The zero-order valence-electron chi connectivity index (χ0n) is 51.6. The van der Waals surface area contributed by atoms with Crippen LogP contribution in [0.2, 0.25) is 0 Å². The van der Waals surface area contributed by atoms with Crippen LogP contribution in [-0.4, -0.2) is 160 Å². The van der Waals surface area contributed by atoms with Crippen LogP contribution in [0.3, 0.4) is 0 Å². The zero-order valence-corrected chi connectivity index (χ0v) is 51.6. The molecule has 3 unspecified atom stereocenters. The highest BCUT2D eigenvalue weighted by molar-refractivity contribution is 6.02. The molecule has 1 N–H and O–H groups in total. The van der Waals surface area contributed by atoms with Gasteiger partial charge in [-0.15, -0.1) is 0 Å². The number of fused-ring (bicyclic) bond motifs is 5. The van der Waals surface area contributed by atoms with E-state index in [1.807, 2.05) is 52.5 Å². The fourth-order valence-electron chi connectivity index (χ4n) is 14.9. The Bertz CT molecular complexity index is 3590. The second-order valence-corrected chi connectivity index (χ2v) is 26.5. The third-order valence-electron chi connectivity index (χ3n) is 19.3. The number of methoxy groups -OCH3 is 1. The molecule has 87 heavy (non-hydrogen) atoms. The van der Waals surface area contributed by atoms with E-state index in [4.69, 9.17) is 33.9 Å². The lowest BCUT2D eigenvalue weighted by Crippen LogP contribution is -2.57. The molecule has 3 aromatic carbocycles. The molecule has 6 fully saturated rings. The van der Waals surface area contributed by atoms with Gasteiger partial charge in [-0.2, -0.15) is 9.97 Å². The maximum Gasteiger partial charge on any atom is 0.410 e. The van der Waals surface area contributed by atoms with Gasteiger partial charge in [-0.25, -0.2) is 18.4 Å². The van der Waals surface area contributed by atoms with Crippen molar-refractivity contribution in [3.63, 3.8) is 0 Å². The first-order chi connectivity index (χ1) is 41.9. The summed E-state index contributed by atoms with van der Waals surface area (Å²) in [5, 5.41) is 4.05. The Hall–Kier alpha value is -6.97. The first-order valence-corrected chi connectivity index (χ1v) is 31.8. The van der Waals surface area contributed by atoms with Crippen LogP contribution < -0.4 is 30.3 Å². The number of ether oxygens (including phenoxy) is 4.